The molecule has 1 fully saturated rings. The van der Waals surface area contributed by atoms with E-state index in [0.717, 1.165) is 29.9 Å². The van der Waals surface area contributed by atoms with Crippen molar-refractivity contribution in [1.29, 1.82) is 0 Å². The van der Waals surface area contributed by atoms with Crippen LogP contribution in [0.15, 0.2) is 18.2 Å². The van der Waals surface area contributed by atoms with E-state index in [-0.39, 0.29) is 5.75 Å². The van der Waals surface area contributed by atoms with E-state index < -0.39 is 15.1 Å². The molecule has 0 spiro atoms. The van der Waals surface area contributed by atoms with Gasteiger partial charge >= 0.3 is 0 Å². The minimum Gasteiger partial charge on any atom is -0.228 e. The molecule has 2 aromatic rings. The summed E-state index contributed by atoms with van der Waals surface area (Å²) in [6.07, 6.45) is 2.18. The van der Waals surface area contributed by atoms with Crippen LogP contribution in [0.4, 0.5) is 0 Å². The summed E-state index contributed by atoms with van der Waals surface area (Å²) in [6, 6.07) is 6.05. The zero-order valence-electron chi connectivity index (χ0n) is 14.1. The second-order valence-electron chi connectivity index (χ2n) is 6.38. The van der Waals surface area contributed by atoms with Crippen molar-refractivity contribution in [3.05, 3.63) is 41.0 Å². The van der Waals surface area contributed by atoms with Gasteiger partial charge in [0.25, 0.3) is 0 Å². The van der Waals surface area contributed by atoms with Crippen LogP contribution in [0.25, 0.3) is 5.69 Å². The summed E-state index contributed by atoms with van der Waals surface area (Å²) >= 11 is 0. The van der Waals surface area contributed by atoms with Gasteiger partial charge in [0.2, 0.25) is 0 Å². The van der Waals surface area contributed by atoms with E-state index in [0.29, 0.717) is 11.7 Å². The highest BCUT2D eigenvalue weighted by molar-refractivity contribution is 7.91. The average Bonchev–Trinajstić information content (AvgIpc) is 3.28. The molecule has 0 saturated heterocycles. The maximum absolute atomic E-state index is 12.3. The minimum absolute atomic E-state index is 0.104. The number of nitrogens with zero attached hydrogens (tertiary/aromatic N) is 3. The van der Waals surface area contributed by atoms with Gasteiger partial charge < -0.3 is 0 Å². The third kappa shape index (κ3) is 3.04. The molecule has 3 rings (SSSR count). The van der Waals surface area contributed by atoms with Crippen molar-refractivity contribution in [1.82, 2.24) is 14.8 Å². The summed E-state index contributed by atoms with van der Waals surface area (Å²) in [4.78, 5) is 4.59. The maximum atomic E-state index is 12.3. The Hall–Kier alpha value is -1.69. The Balaban J connectivity index is 2.13. The lowest BCUT2D eigenvalue weighted by molar-refractivity contribution is 0.582. The molecule has 0 N–H and O–H groups in total. The zero-order valence-corrected chi connectivity index (χ0v) is 14.9. The fourth-order valence-corrected chi connectivity index (χ4v) is 3.55. The van der Waals surface area contributed by atoms with Crippen LogP contribution in [-0.4, -0.2) is 28.9 Å². The van der Waals surface area contributed by atoms with Crippen LogP contribution in [0.5, 0.6) is 0 Å². The van der Waals surface area contributed by atoms with Crippen molar-refractivity contribution in [2.24, 2.45) is 0 Å². The molecule has 1 atom stereocenters. The first-order valence-electron chi connectivity index (χ1n) is 8.09. The van der Waals surface area contributed by atoms with E-state index in [1.165, 1.54) is 5.56 Å². The Bertz CT molecular complexity index is 836. The van der Waals surface area contributed by atoms with Gasteiger partial charge in [-0.1, -0.05) is 13.0 Å². The smallest absolute Gasteiger partial charge is 0.159 e. The van der Waals surface area contributed by atoms with Crippen molar-refractivity contribution >= 4 is 9.84 Å². The molecule has 23 heavy (non-hydrogen) atoms. The van der Waals surface area contributed by atoms with E-state index in [1.807, 2.05) is 25.1 Å². The summed E-state index contributed by atoms with van der Waals surface area (Å²) in [5, 5.41) is 3.96. The van der Waals surface area contributed by atoms with E-state index in [4.69, 9.17) is 0 Å². The number of aromatic nitrogens is 3. The first-order chi connectivity index (χ1) is 10.8. The Morgan fingerprint density at radius 1 is 1.26 bits per heavy atom. The second-order valence-corrected chi connectivity index (χ2v) is 8.99. The number of hydrogen-bond acceptors (Lipinski definition) is 4. The van der Waals surface area contributed by atoms with Gasteiger partial charge in [0.05, 0.1) is 5.69 Å². The van der Waals surface area contributed by atoms with Crippen LogP contribution in [0, 0.1) is 13.8 Å². The van der Waals surface area contributed by atoms with E-state index in [1.54, 1.807) is 18.5 Å². The van der Waals surface area contributed by atoms with Crippen LogP contribution >= 0.6 is 0 Å². The number of benzene rings is 1. The van der Waals surface area contributed by atoms with E-state index >= 15 is 0 Å². The number of hydrogen-bond donors (Lipinski definition) is 0. The van der Waals surface area contributed by atoms with Gasteiger partial charge in [0, 0.05) is 11.7 Å². The number of sulfone groups is 1. The summed E-state index contributed by atoms with van der Waals surface area (Å²) < 4.78 is 26.4. The second kappa shape index (κ2) is 5.74. The molecule has 124 valence electrons. The molecule has 0 radical (unpaired) electrons. The van der Waals surface area contributed by atoms with Crippen LogP contribution in [-0.2, 0) is 9.84 Å². The molecule has 1 aliphatic rings. The molecule has 6 heteroatoms. The van der Waals surface area contributed by atoms with Crippen LogP contribution in [0.1, 0.15) is 60.6 Å². The normalized spacial score (nSPS) is 16.5. The first-order valence-corrected chi connectivity index (χ1v) is 9.81. The maximum Gasteiger partial charge on any atom is 0.159 e. The monoisotopic (exact) mass is 333 g/mol. The molecule has 0 aliphatic heterocycles. The molecule has 1 heterocycles. The highest BCUT2D eigenvalue weighted by atomic mass is 32.2. The quantitative estimate of drug-likeness (QED) is 0.842. The van der Waals surface area contributed by atoms with E-state index in [2.05, 4.69) is 17.0 Å². The van der Waals surface area contributed by atoms with Gasteiger partial charge in [0.15, 0.2) is 21.5 Å². The summed E-state index contributed by atoms with van der Waals surface area (Å²) in [6.45, 7) is 7.48. The van der Waals surface area contributed by atoms with Gasteiger partial charge in [-0.25, -0.2) is 18.1 Å². The van der Waals surface area contributed by atoms with Crippen molar-refractivity contribution in [3.63, 3.8) is 0 Å². The summed E-state index contributed by atoms with van der Waals surface area (Å²) in [5.41, 5.74) is 3.23. The lowest BCUT2D eigenvalue weighted by Gasteiger charge is -2.13. The number of aryl methyl sites for hydroxylation is 2. The molecule has 1 saturated carbocycles. The van der Waals surface area contributed by atoms with E-state index in [9.17, 15) is 8.42 Å². The minimum atomic E-state index is -3.22. The Labute approximate surface area is 137 Å². The van der Waals surface area contributed by atoms with Crippen molar-refractivity contribution in [2.75, 3.05) is 5.75 Å². The molecule has 1 aromatic heterocycles. The van der Waals surface area contributed by atoms with Gasteiger partial charge in [0.1, 0.15) is 5.25 Å². The fourth-order valence-electron chi connectivity index (χ4n) is 2.58. The SMILES string of the molecule is CCS(=O)(=O)C(C)c1nc(C2CC2)nn1-c1ccc(C)c(C)c1. The van der Waals surface area contributed by atoms with Crippen molar-refractivity contribution < 1.29 is 8.42 Å². The first kappa shape index (κ1) is 16.2. The topological polar surface area (TPSA) is 64.8 Å². The largest absolute Gasteiger partial charge is 0.228 e. The third-order valence-corrected chi connectivity index (χ3v) is 6.72. The molecule has 5 nitrogen and oxygen atoms in total. The van der Waals surface area contributed by atoms with Crippen LogP contribution in [0.3, 0.4) is 0 Å². The van der Waals surface area contributed by atoms with Crippen LogP contribution in [0.2, 0.25) is 0 Å². The fraction of sp³-hybridized carbons (Fsp3) is 0.529. The number of rotatable bonds is 5. The molecular formula is C17H23N3O2S. The van der Waals surface area contributed by atoms with Crippen LogP contribution < -0.4 is 0 Å². The standard InChI is InChI=1S/C17H23N3O2S/c1-5-23(21,22)13(4)17-18-16(14-7-8-14)19-20(17)15-9-6-11(2)12(3)10-15/h6,9-10,13-14H,5,7-8H2,1-4H3. The molecule has 1 unspecified atom stereocenters. The average molecular weight is 333 g/mol. The molecule has 1 aromatic carbocycles. The van der Waals surface area contributed by atoms with Gasteiger partial charge in [-0.05, 0) is 56.9 Å². The predicted octanol–water partition coefficient (Wildman–Crippen LogP) is 3.26. The highest BCUT2D eigenvalue weighted by Crippen LogP contribution is 2.39. The van der Waals surface area contributed by atoms with Crippen molar-refractivity contribution in [3.8, 4) is 5.69 Å². The Morgan fingerprint density at radius 3 is 2.52 bits per heavy atom. The van der Waals surface area contributed by atoms with Gasteiger partial charge in [-0.3, -0.25) is 0 Å². The Morgan fingerprint density at radius 2 is 1.96 bits per heavy atom. The summed E-state index contributed by atoms with van der Waals surface area (Å²) in [7, 11) is -3.22. The van der Waals surface area contributed by atoms with Gasteiger partial charge in [-0.15, -0.1) is 0 Å². The predicted molar refractivity (Wildman–Crippen MR) is 90.7 cm³/mol. The molecule has 0 bridgehead atoms. The highest BCUT2D eigenvalue weighted by Gasteiger charge is 2.33. The molecule has 1 aliphatic carbocycles. The lowest BCUT2D eigenvalue weighted by Crippen LogP contribution is -2.17. The summed E-state index contributed by atoms with van der Waals surface area (Å²) in [5.74, 6) is 1.79. The molecular weight excluding hydrogens is 310 g/mol. The molecule has 0 amide bonds. The van der Waals surface area contributed by atoms with Gasteiger partial charge in [-0.2, -0.15) is 5.10 Å². The third-order valence-electron chi connectivity index (χ3n) is 4.63. The zero-order chi connectivity index (χ0) is 16.8. The Kier molecular flexibility index (Phi) is 4.04. The van der Waals surface area contributed by atoms with Crippen molar-refractivity contribution in [2.45, 2.75) is 51.7 Å². The lowest BCUT2D eigenvalue weighted by atomic mass is 10.1.